The van der Waals surface area contributed by atoms with Crippen LogP contribution in [0.2, 0.25) is 0 Å². The van der Waals surface area contributed by atoms with Crippen molar-refractivity contribution in [2.45, 2.75) is 57.3 Å². The number of ether oxygens (including phenoxy) is 1. The number of β-amino-alcohol motifs (C(OH)–C–C–N with tert-alkyl or cyclic N) is 1. The van der Waals surface area contributed by atoms with E-state index >= 15 is 0 Å². The van der Waals surface area contributed by atoms with Crippen LogP contribution in [0, 0.1) is 11.6 Å². The summed E-state index contributed by atoms with van der Waals surface area (Å²) >= 11 is 1.92. The van der Waals surface area contributed by atoms with E-state index in [-0.39, 0.29) is 11.6 Å². The number of hydrogen-bond acceptors (Lipinski definition) is 4. The van der Waals surface area contributed by atoms with Gasteiger partial charge in [-0.3, -0.25) is 4.90 Å². The monoisotopic (exact) mass is 407 g/mol. The average molecular weight is 408 g/mol. The van der Waals surface area contributed by atoms with Crippen LogP contribution in [-0.2, 0) is 23.2 Å². The van der Waals surface area contributed by atoms with E-state index in [1.165, 1.54) is 21.4 Å². The van der Waals surface area contributed by atoms with Crippen molar-refractivity contribution in [1.29, 1.82) is 0 Å². The van der Waals surface area contributed by atoms with Crippen LogP contribution in [0.4, 0.5) is 8.78 Å². The summed E-state index contributed by atoms with van der Waals surface area (Å²) in [5, 5.41) is 10.5. The zero-order valence-corrected chi connectivity index (χ0v) is 17.2. The van der Waals surface area contributed by atoms with Gasteiger partial charge >= 0.3 is 0 Å². The Balaban J connectivity index is 1.47. The van der Waals surface area contributed by atoms with Crippen LogP contribution in [0.25, 0.3) is 0 Å². The molecule has 6 heteroatoms. The lowest BCUT2D eigenvalue weighted by atomic mass is 9.79. The molecule has 2 aromatic rings. The van der Waals surface area contributed by atoms with Gasteiger partial charge in [-0.1, -0.05) is 13.0 Å². The van der Waals surface area contributed by atoms with Crippen molar-refractivity contribution < 1.29 is 18.6 Å². The van der Waals surface area contributed by atoms with Crippen molar-refractivity contribution in [2.75, 3.05) is 19.7 Å². The van der Waals surface area contributed by atoms with Gasteiger partial charge in [0.1, 0.15) is 0 Å². The molecule has 1 unspecified atom stereocenters. The van der Waals surface area contributed by atoms with E-state index in [0.29, 0.717) is 12.1 Å². The summed E-state index contributed by atoms with van der Waals surface area (Å²) in [6.07, 6.45) is 2.96. The normalized spacial score (nSPS) is 26.4. The second-order valence-electron chi connectivity index (χ2n) is 7.98. The molecule has 1 aromatic heterocycles. The molecule has 0 amide bonds. The number of thiophene rings is 1. The van der Waals surface area contributed by atoms with E-state index in [9.17, 15) is 13.9 Å². The minimum Gasteiger partial charge on any atom is -0.387 e. The molecule has 2 aliphatic heterocycles. The number of rotatable bonds is 4. The molecule has 0 radical (unpaired) electrons. The van der Waals surface area contributed by atoms with Gasteiger partial charge in [-0.15, -0.1) is 11.3 Å². The lowest BCUT2D eigenvalue weighted by Crippen LogP contribution is -2.51. The molecule has 1 N–H and O–H groups in total. The summed E-state index contributed by atoms with van der Waals surface area (Å²) in [4.78, 5) is 5.10. The molecule has 2 aliphatic rings. The van der Waals surface area contributed by atoms with Gasteiger partial charge in [-0.25, -0.2) is 8.78 Å². The zero-order chi connectivity index (χ0) is 19.9. The highest BCUT2D eigenvalue weighted by molar-refractivity contribution is 7.12. The number of fused-ring (bicyclic) bond motifs is 2. The highest BCUT2D eigenvalue weighted by Gasteiger charge is 2.44. The molecule has 1 aromatic carbocycles. The molecule has 3 atom stereocenters. The van der Waals surface area contributed by atoms with Gasteiger partial charge in [-0.2, -0.15) is 0 Å². The molecule has 3 nitrogen and oxygen atoms in total. The summed E-state index contributed by atoms with van der Waals surface area (Å²) in [7, 11) is 0. The first-order valence-electron chi connectivity index (χ1n) is 10.0. The minimum atomic E-state index is -0.922. The lowest BCUT2D eigenvalue weighted by molar-refractivity contribution is -0.114. The Morgan fingerprint density at radius 2 is 2.14 bits per heavy atom. The van der Waals surface area contributed by atoms with E-state index in [4.69, 9.17) is 4.74 Å². The third-order valence-corrected chi connectivity index (χ3v) is 7.53. The van der Waals surface area contributed by atoms with E-state index in [1.54, 1.807) is 0 Å². The molecule has 28 heavy (non-hydrogen) atoms. The van der Waals surface area contributed by atoms with Gasteiger partial charge in [0.25, 0.3) is 0 Å². The Hall–Kier alpha value is -1.34. The van der Waals surface area contributed by atoms with E-state index in [0.717, 1.165) is 51.0 Å². The maximum atomic E-state index is 13.5. The number of halogens is 2. The second-order valence-corrected chi connectivity index (χ2v) is 9.20. The van der Waals surface area contributed by atoms with E-state index in [1.807, 2.05) is 11.3 Å². The lowest BCUT2D eigenvalue weighted by Gasteiger charge is -2.47. The standard InChI is InChI=1S/C22H27F2NO2S/c1-3-16-11-17-21(28-16)6-9-27-22(17)7-8-25(14(2)12-22)13-20(26)15-4-5-18(23)19(24)10-15/h4-5,10-11,14,20,26H,3,6-9,12-13H2,1-2H3/t14-,20?,22+/m0/s1. The predicted molar refractivity (Wildman–Crippen MR) is 107 cm³/mol. The van der Waals surface area contributed by atoms with E-state index < -0.39 is 17.7 Å². The van der Waals surface area contributed by atoms with Crippen molar-refractivity contribution in [3.63, 3.8) is 0 Å². The Labute approximate surface area is 168 Å². The van der Waals surface area contributed by atoms with Gasteiger partial charge in [0, 0.05) is 35.3 Å². The number of benzene rings is 1. The molecule has 3 heterocycles. The van der Waals surface area contributed by atoms with Crippen molar-refractivity contribution in [2.24, 2.45) is 0 Å². The summed E-state index contributed by atoms with van der Waals surface area (Å²) in [5.74, 6) is -1.81. The fourth-order valence-electron chi connectivity index (χ4n) is 4.59. The SMILES string of the molecule is CCc1cc2c(s1)CCO[C@@]21CCN(CC(O)c2ccc(F)c(F)c2)[C@@H](C)C1. The third-order valence-electron chi connectivity index (χ3n) is 6.19. The average Bonchev–Trinajstić information content (AvgIpc) is 3.11. The smallest absolute Gasteiger partial charge is 0.159 e. The first kappa shape index (κ1) is 20.0. The minimum absolute atomic E-state index is 0.222. The fraction of sp³-hybridized carbons (Fsp3) is 0.545. The number of nitrogens with zero attached hydrogens (tertiary/aromatic N) is 1. The Kier molecular flexibility index (Phi) is 5.58. The third kappa shape index (κ3) is 3.63. The highest BCUT2D eigenvalue weighted by Crippen LogP contribution is 2.46. The molecule has 152 valence electrons. The molecular formula is C22H27F2NO2S. The predicted octanol–water partition coefficient (Wildman–Crippen LogP) is 4.57. The van der Waals surface area contributed by atoms with Crippen molar-refractivity contribution in [1.82, 2.24) is 4.90 Å². The van der Waals surface area contributed by atoms with Gasteiger partial charge in [0.2, 0.25) is 0 Å². The quantitative estimate of drug-likeness (QED) is 0.806. The van der Waals surface area contributed by atoms with Gasteiger partial charge in [-0.05, 0) is 55.5 Å². The van der Waals surface area contributed by atoms with Crippen LogP contribution < -0.4 is 0 Å². The van der Waals surface area contributed by atoms with Crippen LogP contribution in [-0.4, -0.2) is 35.7 Å². The molecule has 1 fully saturated rings. The number of aryl methyl sites for hydroxylation is 1. The molecular weight excluding hydrogens is 380 g/mol. The summed E-state index contributed by atoms with van der Waals surface area (Å²) in [5.41, 5.74) is 1.56. The van der Waals surface area contributed by atoms with Gasteiger partial charge in [0.15, 0.2) is 11.6 Å². The summed E-state index contributed by atoms with van der Waals surface area (Å²) in [6, 6.07) is 6.17. The van der Waals surface area contributed by atoms with Crippen LogP contribution in [0.15, 0.2) is 24.3 Å². The first-order chi connectivity index (χ1) is 13.4. The molecule has 0 bridgehead atoms. The van der Waals surface area contributed by atoms with Crippen molar-refractivity contribution in [3.8, 4) is 0 Å². The number of likely N-dealkylation sites (tertiary alicyclic amines) is 1. The molecule has 0 saturated carbocycles. The fourth-order valence-corrected chi connectivity index (χ4v) is 5.77. The van der Waals surface area contributed by atoms with Crippen LogP contribution >= 0.6 is 11.3 Å². The largest absolute Gasteiger partial charge is 0.387 e. The van der Waals surface area contributed by atoms with E-state index in [2.05, 4.69) is 24.8 Å². The van der Waals surface area contributed by atoms with Crippen molar-refractivity contribution >= 4 is 11.3 Å². The summed E-state index contributed by atoms with van der Waals surface area (Å²) in [6.45, 7) is 6.32. The molecule has 4 rings (SSSR count). The first-order valence-corrected chi connectivity index (χ1v) is 10.9. The molecule has 0 aliphatic carbocycles. The number of piperidine rings is 1. The maximum Gasteiger partial charge on any atom is 0.159 e. The zero-order valence-electron chi connectivity index (χ0n) is 16.4. The number of aliphatic hydroxyl groups excluding tert-OH is 1. The Morgan fingerprint density at radius 1 is 1.32 bits per heavy atom. The van der Waals surface area contributed by atoms with Crippen LogP contribution in [0.5, 0.6) is 0 Å². The summed E-state index contributed by atoms with van der Waals surface area (Å²) < 4.78 is 33.0. The molecule has 1 spiro atoms. The number of hydrogen-bond donors (Lipinski definition) is 1. The highest BCUT2D eigenvalue weighted by atomic mass is 32.1. The topological polar surface area (TPSA) is 32.7 Å². The second kappa shape index (κ2) is 7.82. The van der Waals surface area contributed by atoms with Crippen molar-refractivity contribution in [3.05, 3.63) is 56.8 Å². The van der Waals surface area contributed by atoms with Crippen LogP contribution in [0.1, 0.15) is 53.7 Å². The van der Waals surface area contributed by atoms with Gasteiger partial charge in [0.05, 0.1) is 18.3 Å². The van der Waals surface area contributed by atoms with Gasteiger partial charge < -0.3 is 9.84 Å². The Bertz CT molecular complexity index is 855. The van der Waals surface area contributed by atoms with Crippen LogP contribution in [0.3, 0.4) is 0 Å². The Morgan fingerprint density at radius 3 is 2.86 bits per heavy atom. The maximum absolute atomic E-state index is 13.5. The number of aliphatic hydroxyl groups is 1. The molecule has 1 saturated heterocycles.